The second kappa shape index (κ2) is 8.05. The van der Waals surface area contributed by atoms with Crippen LogP contribution >= 0.6 is 0 Å². The third kappa shape index (κ3) is 4.21. The smallest absolute Gasteiger partial charge is 0.130 e. The Hall–Kier alpha value is -1.82. The zero-order valence-electron chi connectivity index (χ0n) is 15.7. The van der Waals surface area contributed by atoms with Gasteiger partial charge in [-0.05, 0) is 43.9 Å². The summed E-state index contributed by atoms with van der Waals surface area (Å²) in [5, 5.41) is 0. The molecule has 27 heavy (non-hydrogen) atoms. The van der Waals surface area contributed by atoms with Crippen LogP contribution in [-0.4, -0.2) is 30.6 Å². The van der Waals surface area contributed by atoms with Gasteiger partial charge in [-0.25, -0.2) is 8.78 Å². The molecule has 3 unspecified atom stereocenters. The molecule has 2 fully saturated rings. The topological polar surface area (TPSA) is 27.3 Å². The highest BCUT2D eigenvalue weighted by molar-refractivity contribution is 5.28. The van der Waals surface area contributed by atoms with Crippen LogP contribution in [0.1, 0.15) is 35.4 Å². The lowest BCUT2D eigenvalue weighted by atomic mass is 9.81. The second-order valence-electron chi connectivity index (χ2n) is 7.94. The minimum atomic E-state index is -0.519. The van der Waals surface area contributed by atoms with E-state index in [-0.39, 0.29) is 0 Å². The van der Waals surface area contributed by atoms with Crippen LogP contribution < -0.4 is 10.9 Å². The molecule has 2 aromatic rings. The largest absolute Gasteiger partial charge is 0.299 e. The lowest BCUT2D eigenvalue weighted by molar-refractivity contribution is 0.138. The van der Waals surface area contributed by atoms with E-state index in [9.17, 15) is 8.78 Å². The van der Waals surface area contributed by atoms with Gasteiger partial charge in [0.1, 0.15) is 11.6 Å². The molecule has 2 saturated heterocycles. The van der Waals surface area contributed by atoms with Crippen molar-refractivity contribution in [2.75, 3.05) is 19.6 Å². The van der Waals surface area contributed by atoms with Crippen LogP contribution in [0.4, 0.5) is 8.78 Å². The van der Waals surface area contributed by atoms with Crippen molar-refractivity contribution in [3.8, 4) is 0 Å². The van der Waals surface area contributed by atoms with Crippen LogP contribution in [0.2, 0.25) is 0 Å². The summed E-state index contributed by atoms with van der Waals surface area (Å²) in [7, 11) is 0. The molecule has 5 heteroatoms. The second-order valence-corrected chi connectivity index (χ2v) is 7.94. The fourth-order valence-corrected chi connectivity index (χ4v) is 4.61. The summed E-state index contributed by atoms with van der Waals surface area (Å²) in [6.45, 7) is 5.49. The van der Waals surface area contributed by atoms with Gasteiger partial charge in [0.15, 0.2) is 0 Å². The summed E-state index contributed by atoms with van der Waals surface area (Å²) >= 11 is 0. The molecule has 2 heterocycles. The number of nitrogens with zero attached hydrogens (tertiary/aromatic N) is 1. The van der Waals surface area contributed by atoms with Crippen LogP contribution in [0.15, 0.2) is 42.5 Å². The first-order valence-corrected chi connectivity index (χ1v) is 9.81. The Balaban J connectivity index is 1.45. The molecule has 2 aliphatic rings. The number of hydrazine groups is 1. The van der Waals surface area contributed by atoms with Gasteiger partial charge < -0.3 is 0 Å². The molecule has 2 aliphatic heterocycles. The summed E-state index contributed by atoms with van der Waals surface area (Å²) in [5.41, 5.74) is 10.1. The van der Waals surface area contributed by atoms with E-state index in [4.69, 9.17) is 0 Å². The van der Waals surface area contributed by atoms with Crippen molar-refractivity contribution in [3.05, 3.63) is 70.8 Å². The van der Waals surface area contributed by atoms with E-state index in [1.807, 2.05) is 0 Å². The standard InChI is InChI=1S/C22H27F2N3/c1-15-4-2-5-16(10-15)20-12-25-26-22(20)18-6-3-9-27(14-18)13-17-7-8-19(23)11-21(17)24/h2,4-5,7-8,10-11,18,20,22,25-26H,3,6,9,12-14H2,1H3. The summed E-state index contributed by atoms with van der Waals surface area (Å²) in [5.74, 6) is -0.0226. The summed E-state index contributed by atoms with van der Waals surface area (Å²) in [4.78, 5) is 2.30. The maximum absolute atomic E-state index is 14.0. The van der Waals surface area contributed by atoms with E-state index >= 15 is 0 Å². The highest BCUT2D eigenvalue weighted by atomic mass is 19.1. The summed E-state index contributed by atoms with van der Waals surface area (Å²) in [6.07, 6.45) is 2.27. The normalized spacial score (nSPS) is 26.4. The van der Waals surface area contributed by atoms with Crippen molar-refractivity contribution in [2.24, 2.45) is 5.92 Å². The van der Waals surface area contributed by atoms with Crippen LogP contribution in [-0.2, 0) is 6.54 Å². The first-order chi connectivity index (χ1) is 13.1. The summed E-state index contributed by atoms with van der Waals surface area (Å²) < 4.78 is 27.2. The van der Waals surface area contributed by atoms with Crippen molar-refractivity contribution >= 4 is 0 Å². The van der Waals surface area contributed by atoms with Crippen LogP contribution in [0.3, 0.4) is 0 Å². The van der Waals surface area contributed by atoms with E-state index in [1.165, 1.54) is 23.6 Å². The van der Waals surface area contributed by atoms with E-state index in [2.05, 4.69) is 46.9 Å². The zero-order valence-corrected chi connectivity index (χ0v) is 15.7. The molecule has 3 atom stereocenters. The number of hydrogen-bond donors (Lipinski definition) is 2. The highest BCUT2D eigenvalue weighted by Gasteiger charge is 2.36. The fraction of sp³-hybridized carbons (Fsp3) is 0.455. The van der Waals surface area contributed by atoms with Crippen LogP contribution in [0, 0.1) is 24.5 Å². The monoisotopic (exact) mass is 371 g/mol. The number of benzene rings is 2. The van der Waals surface area contributed by atoms with E-state index in [1.54, 1.807) is 6.07 Å². The van der Waals surface area contributed by atoms with Gasteiger partial charge in [0.25, 0.3) is 0 Å². The number of aryl methyl sites for hydroxylation is 1. The van der Waals surface area contributed by atoms with Gasteiger partial charge in [0.2, 0.25) is 0 Å². The molecule has 0 saturated carbocycles. The number of piperidine rings is 1. The number of likely N-dealkylation sites (tertiary alicyclic amines) is 1. The van der Waals surface area contributed by atoms with Gasteiger partial charge in [0, 0.05) is 43.2 Å². The third-order valence-corrected chi connectivity index (χ3v) is 5.95. The molecular formula is C22H27F2N3. The SMILES string of the molecule is Cc1cccc(C2CNNC2C2CCCN(Cc3ccc(F)cc3F)C2)c1. The molecule has 0 bridgehead atoms. The third-order valence-electron chi connectivity index (χ3n) is 5.95. The molecule has 2 N–H and O–H groups in total. The lowest BCUT2D eigenvalue weighted by Crippen LogP contribution is -2.46. The quantitative estimate of drug-likeness (QED) is 0.857. The minimum Gasteiger partial charge on any atom is -0.299 e. The van der Waals surface area contributed by atoms with Gasteiger partial charge in [-0.3, -0.25) is 15.8 Å². The van der Waals surface area contributed by atoms with Gasteiger partial charge in [-0.2, -0.15) is 0 Å². The Bertz CT molecular complexity index is 795. The van der Waals surface area contributed by atoms with Gasteiger partial charge in [-0.15, -0.1) is 0 Å². The predicted molar refractivity (Wildman–Crippen MR) is 103 cm³/mol. The minimum absolute atomic E-state index is 0.368. The number of hydrogen-bond acceptors (Lipinski definition) is 3. The average molecular weight is 371 g/mol. The van der Waals surface area contributed by atoms with Crippen molar-refractivity contribution in [1.82, 2.24) is 15.8 Å². The summed E-state index contributed by atoms with van der Waals surface area (Å²) in [6, 6.07) is 13.0. The molecule has 0 radical (unpaired) electrons. The number of nitrogens with one attached hydrogen (secondary N) is 2. The first-order valence-electron chi connectivity index (χ1n) is 9.81. The van der Waals surface area contributed by atoms with E-state index < -0.39 is 11.6 Å². The lowest BCUT2D eigenvalue weighted by Gasteiger charge is -2.37. The van der Waals surface area contributed by atoms with Crippen molar-refractivity contribution in [1.29, 1.82) is 0 Å². The number of rotatable bonds is 4. The van der Waals surface area contributed by atoms with Crippen LogP contribution in [0.5, 0.6) is 0 Å². The molecular weight excluding hydrogens is 344 g/mol. The Morgan fingerprint density at radius 3 is 2.85 bits per heavy atom. The maximum atomic E-state index is 14.0. The average Bonchev–Trinajstić information content (AvgIpc) is 3.14. The maximum Gasteiger partial charge on any atom is 0.130 e. The van der Waals surface area contributed by atoms with Crippen molar-refractivity contribution < 1.29 is 8.78 Å². The molecule has 0 amide bonds. The first kappa shape index (κ1) is 18.5. The molecule has 0 aliphatic carbocycles. The number of halogens is 2. The fourth-order valence-electron chi connectivity index (χ4n) is 4.61. The van der Waals surface area contributed by atoms with E-state index in [0.717, 1.165) is 32.1 Å². The zero-order chi connectivity index (χ0) is 18.8. The molecule has 2 aromatic carbocycles. The van der Waals surface area contributed by atoms with Crippen LogP contribution in [0.25, 0.3) is 0 Å². The Morgan fingerprint density at radius 1 is 1.15 bits per heavy atom. The van der Waals surface area contributed by atoms with Gasteiger partial charge in [0.05, 0.1) is 0 Å². The Morgan fingerprint density at radius 2 is 2.04 bits per heavy atom. The van der Waals surface area contributed by atoms with Gasteiger partial charge in [-0.1, -0.05) is 35.9 Å². The predicted octanol–water partition coefficient (Wildman–Crippen LogP) is 3.75. The molecule has 0 spiro atoms. The Labute approximate surface area is 159 Å². The highest BCUT2D eigenvalue weighted by Crippen LogP contribution is 2.32. The molecule has 3 nitrogen and oxygen atoms in total. The van der Waals surface area contributed by atoms with Gasteiger partial charge >= 0.3 is 0 Å². The van der Waals surface area contributed by atoms with Crippen molar-refractivity contribution in [3.63, 3.8) is 0 Å². The Kier molecular flexibility index (Phi) is 5.53. The molecule has 0 aromatic heterocycles. The molecule has 144 valence electrons. The van der Waals surface area contributed by atoms with Crippen molar-refractivity contribution in [2.45, 2.75) is 38.3 Å². The van der Waals surface area contributed by atoms with E-state index in [0.29, 0.717) is 30.0 Å². The molecule has 4 rings (SSSR count).